The van der Waals surface area contributed by atoms with Crippen LogP contribution in [-0.2, 0) is 25.6 Å². The van der Waals surface area contributed by atoms with E-state index in [1.165, 1.54) is 35.9 Å². The zero-order chi connectivity index (χ0) is 20.8. The van der Waals surface area contributed by atoms with Gasteiger partial charge in [-0.1, -0.05) is 17.4 Å². The first-order chi connectivity index (χ1) is 14.0. The van der Waals surface area contributed by atoms with E-state index in [4.69, 9.17) is 9.47 Å². The Balaban J connectivity index is 2.03. The summed E-state index contributed by atoms with van der Waals surface area (Å²) in [6.07, 6.45) is 3.07. The number of benzene rings is 1. The number of fused-ring (bicyclic) bond motifs is 1. The highest BCUT2D eigenvalue weighted by Crippen LogP contribution is 2.20. The number of carbonyl (C=O) groups is 3. The summed E-state index contributed by atoms with van der Waals surface area (Å²) in [5.41, 5.74) is 1.05. The van der Waals surface area contributed by atoms with Gasteiger partial charge in [-0.25, -0.2) is 4.79 Å². The number of rotatable bonds is 6. The van der Waals surface area contributed by atoms with Gasteiger partial charge in [0.25, 0.3) is 5.91 Å². The second-order valence-electron chi connectivity index (χ2n) is 5.75. The minimum absolute atomic E-state index is 0.0911. The van der Waals surface area contributed by atoms with Crippen LogP contribution in [0.5, 0.6) is 0 Å². The van der Waals surface area contributed by atoms with Crippen molar-refractivity contribution in [1.82, 2.24) is 4.57 Å². The highest BCUT2D eigenvalue weighted by molar-refractivity contribution is 7.16. The summed E-state index contributed by atoms with van der Waals surface area (Å²) < 4.78 is 12.1. The minimum atomic E-state index is -0.467. The van der Waals surface area contributed by atoms with E-state index in [0.29, 0.717) is 20.6 Å². The first-order valence-corrected chi connectivity index (χ1v) is 10.4. The molecule has 0 aliphatic heterocycles. The number of hydrogen-bond donors (Lipinski definition) is 0. The van der Waals surface area contributed by atoms with Crippen LogP contribution >= 0.6 is 22.7 Å². The molecule has 9 heteroatoms. The number of nitrogens with zero attached hydrogens (tertiary/aromatic N) is 2. The normalized spacial score (nSPS) is 11.9. The predicted molar refractivity (Wildman–Crippen MR) is 112 cm³/mol. The van der Waals surface area contributed by atoms with Crippen LogP contribution in [0.3, 0.4) is 0 Å². The van der Waals surface area contributed by atoms with E-state index in [0.717, 1.165) is 4.88 Å². The Morgan fingerprint density at radius 3 is 2.76 bits per heavy atom. The molecule has 0 fully saturated rings. The Hall–Kier alpha value is -3.04. The van der Waals surface area contributed by atoms with E-state index in [1.54, 1.807) is 35.8 Å². The Kier molecular flexibility index (Phi) is 6.73. The summed E-state index contributed by atoms with van der Waals surface area (Å²) in [6, 6.07) is 8.74. The van der Waals surface area contributed by atoms with Gasteiger partial charge in [0, 0.05) is 11.0 Å². The lowest BCUT2D eigenvalue weighted by atomic mass is 10.2. The number of hydrogen-bond acceptors (Lipinski definition) is 7. The maximum atomic E-state index is 12.3. The molecule has 0 spiro atoms. The van der Waals surface area contributed by atoms with Crippen molar-refractivity contribution in [2.75, 3.05) is 13.7 Å². The van der Waals surface area contributed by atoms with Gasteiger partial charge in [-0.2, -0.15) is 4.99 Å². The van der Waals surface area contributed by atoms with Crippen molar-refractivity contribution >= 4 is 56.8 Å². The number of esters is 2. The molecule has 0 aliphatic carbocycles. The molecule has 1 aromatic carbocycles. The molecule has 7 nitrogen and oxygen atoms in total. The molecule has 1 amide bonds. The first-order valence-electron chi connectivity index (χ1n) is 8.69. The number of amides is 1. The van der Waals surface area contributed by atoms with E-state index in [-0.39, 0.29) is 13.2 Å². The maximum Gasteiger partial charge on any atom is 0.337 e. The van der Waals surface area contributed by atoms with E-state index in [2.05, 4.69) is 4.99 Å². The molecule has 29 heavy (non-hydrogen) atoms. The largest absolute Gasteiger partial charge is 0.465 e. The van der Waals surface area contributed by atoms with Crippen molar-refractivity contribution < 1.29 is 23.9 Å². The quantitative estimate of drug-likeness (QED) is 0.443. The lowest BCUT2D eigenvalue weighted by Crippen LogP contribution is -2.22. The fourth-order valence-corrected chi connectivity index (χ4v) is 4.26. The smallest absolute Gasteiger partial charge is 0.337 e. The number of thiazole rings is 1. The van der Waals surface area contributed by atoms with E-state index in [9.17, 15) is 14.4 Å². The van der Waals surface area contributed by atoms with Crippen LogP contribution in [0.25, 0.3) is 16.3 Å². The Labute approximate surface area is 174 Å². The van der Waals surface area contributed by atoms with Crippen LogP contribution in [0, 0.1) is 0 Å². The SMILES string of the molecule is CCOC(=O)Cn1c(=NC(=O)C=Cc2cccs2)sc2cc(C(=O)OC)ccc21. The topological polar surface area (TPSA) is 87.0 Å². The van der Waals surface area contributed by atoms with E-state index in [1.807, 2.05) is 17.5 Å². The molecule has 0 atom stereocenters. The van der Waals surface area contributed by atoms with Crippen molar-refractivity contribution in [2.24, 2.45) is 4.99 Å². The Bertz CT molecular complexity index is 1140. The van der Waals surface area contributed by atoms with Crippen LogP contribution in [0.1, 0.15) is 22.2 Å². The average molecular weight is 431 g/mol. The third-order valence-electron chi connectivity index (χ3n) is 3.84. The summed E-state index contributed by atoms with van der Waals surface area (Å²) in [7, 11) is 1.31. The van der Waals surface area contributed by atoms with Gasteiger partial charge in [-0.05, 0) is 42.6 Å². The summed E-state index contributed by atoms with van der Waals surface area (Å²) in [5.74, 6) is -1.35. The Morgan fingerprint density at radius 2 is 2.07 bits per heavy atom. The highest BCUT2D eigenvalue weighted by Gasteiger charge is 2.14. The molecular formula is C20H18N2O5S2. The molecule has 3 aromatic rings. The van der Waals surface area contributed by atoms with Crippen molar-refractivity contribution in [3.05, 3.63) is 57.0 Å². The zero-order valence-electron chi connectivity index (χ0n) is 15.8. The number of aromatic nitrogens is 1. The molecule has 150 valence electrons. The summed E-state index contributed by atoms with van der Waals surface area (Å²) in [4.78, 5) is 41.6. The molecule has 0 saturated carbocycles. The van der Waals surface area contributed by atoms with Crippen molar-refractivity contribution in [2.45, 2.75) is 13.5 Å². The van der Waals surface area contributed by atoms with Crippen LogP contribution in [-0.4, -0.2) is 36.1 Å². The van der Waals surface area contributed by atoms with Crippen molar-refractivity contribution in [3.8, 4) is 0 Å². The maximum absolute atomic E-state index is 12.3. The molecule has 3 rings (SSSR count). The average Bonchev–Trinajstić information content (AvgIpc) is 3.34. The fraction of sp³-hybridized carbons (Fsp3) is 0.200. The molecule has 2 aromatic heterocycles. The molecule has 0 N–H and O–H groups in total. The van der Waals surface area contributed by atoms with Gasteiger partial charge in [-0.3, -0.25) is 9.59 Å². The number of carbonyl (C=O) groups excluding carboxylic acids is 3. The zero-order valence-corrected chi connectivity index (χ0v) is 17.4. The predicted octanol–water partition coefficient (Wildman–Crippen LogP) is 3.25. The van der Waals surface area contributed by atoms with Gasteiger partial charge in [0.05, 0.1) is 29.5 Å². The second-order valence-corrected chi connectivity index (χ2v) is 7.74. The van der Waals surface area contributed by atoms with Crippen LogP contribution in [0.2, 0.25) is 0 Å². The first kappa shape index (κ1) is 20.7. The number of ether oxygens (including phenoxy) is 2. The lowest BCUT2D eigenvalue weighted by molar-refractivity contribution is -0.143. The van der Waals surface area contributed by atoms with Gasteiger partial charge >= 0.3 is 11.9 Å². The van der Waals surface area contributed by atoms with Crippen LogP contribution in [0.15, 0.2) is 46.8 Å². The number of methoxy groups -OCH3 is 1. The van der Waals surface area contributed by atoms with Crippen molar-refractivity contribution in [3.63, 3.8) is 0 Å². The number of thiophene rings is 1. The third-order valence-corrected chi connectivity index (χ3v) is 5.71. The van der Waals surface area contributed by atoms with E-state index >= 15 is 0 Å². The van der Waals surface area contributed by atoms with Crippen LogP contribution < -0.4 is 4.80 Å². The molecule has 0 saturated heterocycles. The van der Waals surface area contributed by atoms with E-state index < -0.39 is 17.8 Å². The second kappa shape index (κ2) is 9.44. The minimum Gasteiger partial charge on any atom is -0.465 e. The lowest BCUT2D eigenvalue weighted by Gasteiger charge is -2.05. The molecule has 2 heterocycles. The standard InChI is InChI=1S/C20H18N2O5S2/c1-3-27-18(24)12-22-15-8-6-13(19(25)26-2)11-16(15)29-20(22)21-17(23)9-7-14-5-4-10-28-14/h4-11H,3,12H2,1-2H3. The summed E-state index contributed by atoms with van der Waals surface area (Å²) in [5, 5.41) is 1.92. The van der Waals surface area contributed by atoms with Gasteiger partial charge in [0.15, 0.2) is 4.80 Å². The van der Waals surface area contributed by atoms with Crippen LogP contribution in [0.4, 0.5) is 0 Å². The summed E-state index contributed by atoms with van der Waals surface area (Å²) in [6.45, 7) is 1.89. The monoisotopic (exact) mass is 430 g/mol. The van der Waals surface area contributed by atoms with Gasteiger partial charge < -0.3 is 14.0 Å². The van der Waals surface area contributed by atoms with Crippen molar-refractivity contribution in [1.29, 1.82) is 0 Å². The molecule has 0 unspecified atom stereocenters. The Morgan fingerprint density at radius 1 is 1.24 bits per heavy atom. The molecule has 0 aliphatic rings. The molecule has 0 bridgehead atoms. The van der Waals surface area contributed by atoms with Gasteiger partial charge in [0.2, 0.25) is 0 Å². The third kappa shape index (κ3) is 5.07. The molecule has 0 radical (unpaired) electrons. The highest BCUT2D eigenvalue weighted by atomic mass is 32.1. The van der Waals surface area contributed by atoms with Gasteiger partial charge in [-0.15, -0.1) is 11.3 Å². The fourth-order valence-electron chi connectivity index (χ4n) is 2.56. The molecular weight excluding hydrogens is 412 g/mol. The summed E-state index contributed by atoms with van der Waals surface area (Å²) >= 11 is 2.72. The van der Waals surface area contributed by atoms with Gasteiger partial charge in [0.1, 0.15) is 6.54 Å².